The maximum atomic E-state index is 5.86. The Morgan fingerprint density at radius 2 is 1.82 bits per heavy atom. The summed E-state index contributed by atoms with van der Waals surface area (Å²) in [7, 11) is 1.73. The molecule has 0 radical (unpaired) electrons. The maximum absolute atomic E-state index is 5.86. The first kappa shape index (κ1) is 14.9. The zero-order valence-electron chi connectivity index (χ0n) is 11.4. The summed E-state index contributed by atoms with van der Waals surface area (Å²) < 4.78 is 16.5. The van der Waals surface area contributed by atoms with Crippen LogP contribution >= 0.6 is 0 Å². The van der Waals surface area contributed by atoms with E-state index in [1.165, 1.54) is 0 Å². The molecule has 102 valence electrons. The number of nitrogens with one attached hydrogen (secondary N) is 1. The molecule has 1 fully saturated rings. The first-order valence-electron chi connectivity index (χ1n) is 6.69. The lowest BCUT2D eigenvalue weighted by Crippen LogP contribution is -2.35. The number of methoxy groups -OCH3 is 1. The average molecular weight is 245 g/mol. The van der Waals surface area contributed by atoms with Crippen LogP contribution in [0.1, 0.15) is 33.1 Å². The van der Waals surface area contributed by atoms with Crippen molar-refractivity contribution in [2.45, 2.75) is 51.4 Å². The van der Waals surface area contributed by atoms with Crippen LogP contribution < -0.4 is 5.32 Å². The first-order valence-corrected chi connectivity index (χ1v) is 6.69. The van der Waals surface area contributed by atoms with Gasteiger partial charge in [-0.15, -0.1) is 0 Å². The van der Waals surface area contributed by atoms with Crippen LogP contribution in [0.2, 0.25) is 0 Å². The Morgan fingerprint density at radius 3 is 2.47 bits per heavy atom. The zero-order chi connectivity index (χ0) is 12.5. The van der Waals surface area contributed by atoms with E-state index in [2.05, 4.69) is 19.2 Å². The second kappa shape index (κ2) is 8.86. The van der Waals surface area contributed by atoms with Gasteiger partial charge in [0.05, 0.1) is 24.9 Å². The van der Waals surface area contributed by atoms with Gasteiger partial charge in [-0.3, -0.25) is 0 Å². The van der Waals surface area contributed by atoms with Gasteiger partial charge in [-0.1, -0.05) is 0 Å². The van der Waals surface area contributed by atoms with Gasteiger partial charge in [0.25, 0.3) is 0 Å². The minimum Gasteiger partial charge on any atom is -0.385 e. The predicted molar refractivity (Wildman–Crippen MR) is 68.3 cm³/mol. The Hall–Kier alpha value is -0.160. The van der Waals surface area contributed by atoms with Gasteiger partial charge in [0.15, 0.2) is 0 Å². The van der Waals surface area contributed by atoms with Crippen LogP contribution in [0.3, 0.4) is 0 Å². The fourth-order valence-electron chi connectivity index (χ4n) is 2.24. The van der Waals surface area contributed by atoms with E-state index in [4.69, 9.17) is 14.2 Å². The molecule has 0 amide bonds. The lowest BCUT2D eigenvalue weighted by Gasteiger charge is -2.32. The quantitative estimate of drug-likeness (QED) is 0.659. The van der Waals surface area contributed by atoms with Crippen molar-refractivity contribution in [1.82, 2.24) is 5.32 Å². The molecule has 1 aliphatic heterocycles. The third kappa shape index (κ3) is 6.99. The summed E-state index contributed by atoms with van der Waals surface area (Å²) in [4.78, 5) is 0. The van der Waals surface area contributed by atoms with E-state index < -0.39 is 0 Å². The standard InChI is InChI=1S/C13H27NO3/c1-11-9-13(10-12(2)17-11)16-8-6-14-5-4-7-15-3/h11-14H,4-10H2,1-3H3. The summed E-state index contributed by atoms with van der Waals surface area (Å²) in [5, 5.41) is 3.35. The maximum Gasteiger partial charge on any atom is 0.0625 e. The minimum atomic E-state index is 0.332. The molecule has 0 aromatic heterocycles. The summed E-state index contributed by atoms with van der Waals surface area (Å²) in [6.07, 6.45) is 4.13. The van der Waals surface area contributed by atoms with Gasteiger partial charge in [0.2, 0.25) is 0 Å². The monoisotopic (exact) mass is 245 g/mol. The molecule has 1 heterocycles. The lowest BCUT2D eigenvalue weighted by atomic mass is 10.0. The van der Waals surface area contributed by atoms with Crippen LogP contribution in [0.5, 0.6) is 0 Å². The molecule has 1 N–H and O–H groups in total. The number of ether oxygens (including phenoxy) is 3. The molecular weight excluding hydrogens is 218 g/mol. The molecule has 1 aliphatic rings. The Labute approximate surface area is 105 Å². The van der Waals surface area contributed by atoms with Crippen LogP contribution in [-0.2, 0) is 14.2 Å². The summed E-state index contributed by atoms with van der Waals surface area (Å²) in [6.45, 7) is 7.77. The molecule has 4 nitrogen and oxygen atoms in total. The van der Waals surface area contributed by atoms with E-state index >= 15 is 0 Å². The van der Waals surface area contributed by atoms with Crippen LogP contribution in [0, 0.1) is 0 Å². The molecule has 1 rings (SSSR count). The van der Waals surface area contributed by atoms with E-state index in [0.29, 0.717) is 18.3 Å². The van der Waals surface area contributed by atoms with E-state index in [-0.39, 0.29) is 0 Å². The predicted octanol–water partition coefficient (Wildman–Crippen LogP) is 1.59. The Kier molecular flexibility index (Phi) is 7.77. The number of hydrogen-bond acceptors (Lipinski definition) is 4. The molecule has 2 unspecified atom stereocenters. The fraction of sp³-hybridized carbons (Fsp3) is 1.00. The third-order valence-electron chi connectivity index (χ3n) is 2.99. The second-order valence-electron chi connectivity index (χ2n) is 4.82. The van der Waals surface area contributed by atoms with Crippen molar-refractivity contribution in [3.63, 3.8) is 0 Å². The molecule has 0 aromatic rings. The van der Waals surface area contributed by atoms with Crippen LogP contribution in [-0.4, -0.2) is 51.7 Å². The van der Waals surface area contributed by atoms with E-state index in [0.717, 1.165) is 45.6 Å². The fourth-order valence-corrected chi connectivity index (χ4v) is 2.24. The highest BCUT2D eigenvalue weighted by Crippen LogP contribution is 2.21. The second-order valence-corrected chi connectivity index (χ2v) is 4.82. The highest BCUT2D eigenvalue weighted by Gasteiger charge is 2.24. The summed E-state index contributed by atoms with van der Waals surface area (Å²) in [5.41, 5.74) is 0. The van der Waals surface area contributed by atoms with Gasteiger partial charge in [-0.25, -0.2) is 0 Å². The lowest BCUT2D eigenvalue weighted by molar-refractivity contribution is -0.101. The molecule has 0 aliphatic carbocycles. The molecule has 0 aromatic carbocycles. The zero-order valence-corrected chi connectivity index (χ0v) is 11.4. The van der Waals surface area contributed by atoms with Gasteiger partial charge in [0, 0.05) is 20.3 Å². The molecule has 17 heavy (non-hydrogen) atoms. The van der Waals surface area contributed by atoms with Gasteiger partial charge < -0.3 is 19.5 Å². The Bertz CT molecular complexity index is 180. The Balaban J connectivity index is 1.95. The van der Waals surface area contributed by atoms with Crippen LogP contribution in [0.25, 0.3) is 0 Å². The highest BCUT2D eigenvalue weighted by molar-refractivity contribution is 4.73. The minimum absolute atomic E-state index is 0.332. The van der Waals surface area contributed by atoms with Crippen molar-refractivity contribution < 1.29 is 14.2 Å². The van der Waals surface area contributed by atoms with E-state index in [9.17, 15) is 0 Å². The summed E-state index contributed by atoms with van der Waals surface area (Å²) in [5.74, 6) is 0. The van der Waals surface area contributed by atoms with Crippen molar-refractivity contribution in [3.05, 3.63) is 0 Å². The molecule has 0 bridgehead atoms. The first-order chi connectivity index (χ1) is 8.22. The van der Waals surface area contributed by atoms with Crippen LogP contribution in [0.4, 0.5) is 0 Å². The summed E-state index contributed by atoms with van der Waals surface area (Å²) >= 11 is 0. The number of hydrogen-bond donors (Lipinski definition) is 1. The molecule has 4 heteroatoms. The molecule has 0 saturated carbocycles. The van der Waals surface area contributed by atoms with Crippen molar-refractivity contribution in [3.8, 4) is 0 Å². The average Bonchev–Trinajstić information content (AvgIpc) is 2.26. The smallest absolute Gasteiger partial charge is 0.0625 e. The Morgan fingerprint density at radius 1 is 1.12 bits per heavy atom. The van der Waals surface area contributed by atoms with Crippen molar-refractivity contribution in [1.29, 1.82) is 0 Å². The van der Waals surface area contributed by atoms with E-state index in [1.54, 1.807) is 7.11 Å². The number of rotatable bonds is 8. The normalized spacial score (nSPS) is 29.5. The third-order valence-corrected chi connectivity index (χ3v) is 2.99. The van der Waals surface area contributed by atoms with Gasteiger partial charge in [-0.05, 0) is 39.7 Å². The molecular formula is C13H27NO3. The van der Waals surface area contributed by atoms with Gasteiger partial charge in [-0.2, -0.15) is 0 Å². The molecule has 2 atom stereocenters. The molecule has 1 saturated heterocycles. The van der Waals surface area contributed by atoms with Crippen molar-refractivity contribution in [2.24, 2.45) is 0 Å². The highest BCUT2D eigenvalue weighted by atomic mass is 16.5. The van der Waals surface area contributed by atoms with Crippen molar-refractivity contribution >= 4 is 0 Å². The van der Waals surface area contributed by atoms with Gasteiger partial charge in [0.1, 0.15) is 0 Å². The van der Waals surface area contributed by atoms with E-state index in [1.807, 2.05) is 0 Å². The molecule has 0 spiro atoms. The van der Waals surface area contributed by atoms with Crippen molar-refractivity contribution in [2.75, 3.05) is 33.4 Å². The van der Waals surface area contributed by atoms with Gasteiger partial charge >= 0.3 is 0 Å². The topological polar surface area (TPSA) is 39.7 Å². The van der Waals surface area contributed by atoms with Crippen LogP contribution in [0.15, 0.2) is 0 Å². The summed E-state index contributed by atoms with van der Waals surface area (Å²) in [6, 6.07) is 0. The largest absolute Gasteiger partial charge is 0.385 e. The SMILES string of the molecule is COCCCNCCOC1CC(C)OC(C)C1.